The second kappa shape index (κ2) is 4.07. The van der Waals surface area contributed by atoms with E-state index >= 15 is 0 Å². The van der Waals surface area contributed by atoms with E-state index in [4.69, 9.17) is 5.73 Å². The van der Waals surface area contributed by atoms with E-state index in [9.17, 15) is 0 Å². The number of rotatable bonds is 4. The van der Waals surface area contributed by atoms with Gasteiger partial charge in [0.05, 0.1) is 0 Å². The number of hydrogen-bond acceptors (Lipinski definition) is 2. The number of hydrogen-bond donors (Lipinski definition) is 1. The molecule has 0 aromatic carbocycles. The van der Waals surface area contributed by atoms with Gasteiger partial charge < -0.3 is 5.73 Å². The van der Waals surface area contributed by atoms with Crippen LogP contribution in [0.15, 0.2) is 0 Å². The van der Waals surface area contributed by atoms with Crippen molar-refractivity contribution in [3.05, 3.63) is 0 Å². The van der Waals surface area contributed by atoms with E-state index in [1.165, 1.54) is 19.4 Å². The smallest absolute Gasteiger partial charge is 0.0110 e. The Morgan fingerprint density at radius 2 is 2.27 bits per heavy atom. The average molecular weight is 156 g/mol. The molecule has 1 rings (SSSR count). The van der Waals surface area contributed by atoms with E-state index in [0.29, 0.717) is 0 Å². The molecule has 0 bridgehead atoms. The van der Waals surface area contributed by atoms with Crippen LogP contribution in [0.5, 0.6) is 0 Å². The molecule has 0 aromatic rings. The number of nitrogens with zero attached hydrogens (tertiary/aromatic N) is 1. The highest BCUT2D eigenvalue weighted by molar-refractivity contribution is 4.83. The van der Waals surface area contributed by atoms with Crippen LogP contribution in [0, 0.1) is 5.92 Å². The first-order chi connectivity index (χ1) is 5.24. The highest BCUT2D eigenvalue weighted by atomic mass is 15.2. The largest absolute Gasteiger partial charge is 0.329 e. The molecule has 0 amide bonds. The Morgan fingerprint density at radius 1 is 1.55 bits per heavy atom. The average Bonchev–Trinajstić information content (AvgIpc) is 1.93. The Labute approximate surface area is 69.8 Å². The van der Waals surface area contributed by atoms with Gasteiger partial charge in [0.2, 0.25) is 0 Å². The zero-order valence-electron chi connectivity index (χ0n) is 7.71. The summed E-state index contributed by atoms with van der Waals surface area (Å²) in [6.07, 6.45) is 2.73. The normalized spacial score (nSPS) is 25.6. The van der Waals surface area contributed by atoms with Gasteiger partial charge in [-0.1, -0.05) is 13.8 Å². The lowest BCUT2D eigenvalue weighted by molar-refractivity contribution is 0.0779. The summed E-state index contributed by atoms with van der Waals surface area (Å²) in [6, 6.07) is 0.846. The SMILES string of the molecule is CC(C)CC1CCN1CCN. The molecular weight excluding hydrogens is 136 g/mol. The van der Waals surface area contributed by atoms with Crippen molar-refractivity contribution in [1.82, 2.24) is 4.90 Å². The summed E-state index contributed by atoms with van der Waals surface area (Å²) in [5.74, 6) is 0.834. The van der Waals surface area contributed by atoms with Crippen molar-refractivity contribution in [2.24, 2.45) is 11.7 Å². The maximum absolute atomic E-state index is 5.49. The third-order valence-electron chi connectivity index (χ3n) is 2.43. The highest BCUT2D eigenvalue weighted by Gasteiger charge is 2.26. The summed E-state index contributed by atoms with van der Waals surface area (Å²) in [5.41, 5.74) is 5.49. The summed E-state index contributed by atoms with van der Waals surface area (Å²) in [7, 11) is 0. The minimum Gasteiger partial charge on any atom is -0.329 e. The summed E-state index contributed by atoms with van der Waals surface area (Å²) in [5, 5.41) is 0. The van der Waals surface area contributed by atoms with Crippen LogP contribution in [-0.2, 0) is 0 Å². The van der Waals surface area contributed by atoms with Crippen LogP contribution in [-0.4, -0.2) is 30.6 Å². The van der Waals surface area contributed by atoms with Crippen molar-refractivity contribution in [2.75, 3.05) is 19.6 Å². The van der Waals surface area contributed by atoms with Gasteiger partial charge >= 0.3 is 0 Å². The second-order valence-corrected chi connectivity index (χ2v) is 3.90. The molecule has 2 N–H and O–H groups in total. The fraction of sp³-hybridized carbons (Fsp3) is 1.00. The summed E-state index contributed by atoms with van der Waals surface area (Å²) >= 11 is 0. The minimum atomic E-state index is 0.814. The third kappa shape index (κ3) is 2.46. The lowest BCUT2D eigenvalue weighted by Gasteiger charge is -2.41. The van der Waals surface area contributed by atoms with Crippen LogP contribution in [0.3, 0.4) is 0 Å². The van der Waals surface area contributed by atoms with Crippen LogP contribution in [0.25, 0.3) is 0 Å². The van der Waals surface area contributed by atoms with Crippen molar-refractivity contribution in [2.45, 2.75) is 32.7 Å². The predicted octanol–water partition coefficient (Wildman–Crippen LogP) is 1.07. The number of nitrogens with two attached hydrogens (primary N) is 1. The molecule has 0 aliphatic carbocycles. The maximum atomic E-state index is 5.49. The van der Waals surface area contributed by atoms with Crippen LogP contribution in [0.4, 0.5) is 0 Å². The van der Waals surface area contributed by atoms with Gasteiger partial charge in [0.25, 0.3) is 0 Å². The van der Waals surface area contributed by atoms with Gasteiger partial charge in [0, 0.05) is 19.1 Å². The first-order valence-electron chi connectivity index (χ1n) is 4.68. The maximum Gasteiger partial charge on any atom is 0.0110 e. The van der Waals surface area contributed by atoms with Gasteiger partial charge in [-0.05, 0) is 25.3 Å². The molecule has 1 aliphatic heterocycles. The predicted molar refractivity (Wildman–Crippen MR) is 48.5 cm³/mol. The molecule has 1 saturated heterocycles. The summed E-state index contributed by atoms with van der Waals surface area (Å²) in [4.78, 5) is 2.50. The lowest BCUT2D eigenvalue weighted by atomic mass is 9.93. The van der Waals surface area contributed by atoms with Crippen molar-refractivity contribution in [3.8, 4) is 0 Å². The van der Waals surface area contributed by atoms with Gasteiger partial charge in [-0.25, -0.2) is 0 Å². The molecule has 1 fully saturated rings. The zero-order chi connectivity index (χ0) is 8.27. The number of likely N-dealkylation sites (tertiary alicyclic amines) is 1. The molecule has 0 radical (unpaired) electrons. The fourth-order valence-corrected chi connectivity index (χ4v) is 1.77. The molecule has 2 nitrogen and oxygen atoms in total. The Balaban J connectivity index is 2.15. The van der Waals surface area contributed by atoms with E-state index in [1.54, 1.807) is 0 Å². The lowest BCUT2D eigenvalue weighted by Crippen LogP contribution is -2.50. The van der Waals surface area contributed by atoms with E-state index in [2.05, 4.69) is 18.7 Å². The van der Waals surface area contributed by atoms with Crippen LogP contribution in [0.1, 0.15) is 26.7 Å². The van der Waals surface area contributed by atoms with E-state index in [-0.39, 0.29) is 0 Å². The van der Waals surface area contributed by atoms with E-state index < -0.39 is 0 Å². The molecule has 11 heavy (non-hydrogen) atoms. The monoisotopic (exact) mass is 156 g/mol. The molecule has 1 atom stereocenters. The van der Waals surface area contributed by atoms with Crippen LogP contribution >= 0.6 is 0 Å². The highest BCUT2D eigenvalue weighted by Crippen LogP contribution is 2.22. The second-order valence-electron chi connectivity index (χ2n) is 3.90. The van der Waals surface area contributed by atoms with E-state index in [0.717, 1.165) is 25.0 Å². The molecule has 0 aromatic heterocycles. The van der Waals surface area contributed by atoms with Gasteiger partial charge in [-0.2, -0.15) is 0 Å². The molecule has 0 spiro atoms. The van der Waals surface area contributed by atoms with Crippen molar-refractivity contribution in [1.29, 1.82) is 0 Å². The Hall–Kier alpha value is -0.0800. The molecule has 66 valence electrons. The third-order valence-corrected chi connectivity index (χ3v) is 2.43. The van der Waals surface area contributed by atoms with Crippen molar-refractivity contribution < 1.29 is 0 Å². The zero-order valence-corrected chi connectivity index (χ0v) is 7.71. The summed E-state index contributed by atoms with van der Waals surface area (Å²) < 4.78 is 0. The first-order valence-corrected chi connectivity index (χ1v) is 4.68. The molecule has 2 heteroatoms. The molecule has 1 unspecified atom stereocenters. The Bertz CT molecular complexity index is 112. The van der Waals surface area contributed by atoms with E-state index in [1.807, 2.05) is 0 Å². The van der Waals surface area contributed by atoms with Gasteiger partial charge in [-0.15, -0.1) is 0 Å². The summed E-state index contributed by atoms with van der Waals surface area (Å²) in [6.45, 7) is 7.76. The Morgan fingerprint density at radius 3 is 2.64 bits per heavy atom. The molecule has 1 heterocycles. The van der Waals surface area contributed by atoms with Crippen molar-refractivity contribution in [3.63, 3.8) is 0 Å². The fourth-order valence-electron chi connectivity index (χ4n) is 1.77. The quantitative estimate of drug-likeness (QED) is 0.659. The van der Waals surface area contributed by atoms with Gasteiger partial charge in [0.1, 0.15) is 0 Å². The van der Waals surface area contributed by atoms with Crippen LogP contribution < -0.4 is 5.73 Å². The standard InChI is InChI=1S/C9H20N2/c1-8(2)7-9-3-5-11(9)6-4-10/h8-9H,3-7,10H2,1-2H3. The topological polar surface area (TPSA) is 29.3 Å². The molecule has 1 aliphatic rings. The van der Waals surface area contributed by atoms with Gasteiger partial charge in [-0.3, -0.25) is 4.90 Å². The minimum absolute atomic E-state index is 0.814. The Kier molecular flexibility index (Phi) is 3.34. The van der Waals surface area contributed by atoms with Gasteiger partial charge in [0.15, 0.2) is 0 Å². The van der Waals surface area contributed by atoms with Crippen LogP contribution in [0.2, 0.25) is 0 Å². The molecular formula is C9H20N2. The first kappa shape index (κ1) is 9.01. The van der Waals surface area contributed by atoms with Crippen molar-refractivity contribution >= 4 is 0 Å². The molecule has 0 saturated carbocycles.